The third-order valence-electron chi connectivity index (χ3n) is 3.77. The van der Waals surface area contributed by atoms with Gasteiger partial charge < -0.3 is 24.4 Å². The fourth-order valence-electron chi connectivity index (χ4n) is 2.47. The minimum absolute atomic E-state index is 0.118. The maximum absolute atomic E-state index is 9.52. The predicted molar refractivity (Wildman–Crippen MR) is 78.3 cm³/mol. The first-order valence-electron chi connectivity index (χ1n) is 7.38. The van der Waals surface area contributed by atoms with Crippen molar-refractivity contribution in [1.29, 1.82) is 0 Å². The molecule has 0 spiro atoms. The van der Waals surface area contributed by atoms with Crippen LogP contribution < -0.4 is 4.74 Å². The number of aliphatic hydroxyl groups excluding tert-OH is 2. The van der Waals surface area contributed by atoms with Crippen molar-refractivity contribution in [2.24, 2.45) is 0 Å². The van der Waals surface area contributed by atoms with Crippen LogP contribution in [0.5, 0.6) is 5.75 Å². The zero-order chi connectivity index (χ0) is 15.1. The maximum atomic E-state index is 9.52. The van der Waals surface area contributed by atoms with Crippen LogP contribution in [0.4, 0.5) is 0 Å². The van der Waals surface area contributed by atoms with Crippen LogP contribution in [0.25, 0.3) is 0 Å². The van der Waals surface area contributed by atoms with Crippen LogP contribution in [-0.4, -0.2) is 48.8 Å². The Morgan fingerprint density at radius 2 is 2.05 bits per heavy atom. The molecule has 5 heteroatoms. The number of benzene rings is 1. The van der Waals surface area contributed by atoms with Gasteiger partial charge in [-0.2, -0.15) is 0 Å². The number of hydrogen-bond acceptors (Lipinski definition) is 5. The lowest BCUT2D eigenvalue weighted by Gasteiger charge is -2.17. The first-order chi connectivity index (χ1) is 10.2. The lowest BCUT2D eigenvalue weighted by molar-refractivity contribution is -0.0604. The molecule has 0 radical (unpaired) electrons. The Morgan fingerprint density at radius 1 is 1.29 bits per heavy atom. The fraction of sp³-hybridized carbons (Fsp3) is 0.625. The van der Waals surface area contributed by atoms with Crippen LogP contribution in [0.1, 0.15) is 24.8 Å². The molecule has 0 bridgehead atoms. The van der Waals surface area contributed by atoms with Crippen molar-refractivity contribution in [3.05, 3.63) is 29.8 Å². The van der Waals surface area contributed by atoms with Gasteiger partial charge in [0.2, 0.25) is 0 Å². The van der Waals surface area contributed by atoms with E-state index in [0.717, 1.165) is 30.6 Å². The van der Waals surface area contributed by atoms with Crippen molar-refractivity contribution >= 4 is 0 Å². The Morgan fingerprint density at radius 3 is 2.71 bits per heavy atom. The number of hydrogen-bond donors (Lipinski definition) is 2. The minimum atomic E-state index is -0.768. The molecule has 0 unspecified atom stereocenters. The SMILES string of the molecule is COc1ccc(COCC[C@H]2CC[C@H]([C@H](O)CO)O2)cc1. The van der Waals surface area contributed by atoms with Gasteiger partial charge >= 0.3 is 0 Å². The third-order valence-corrected chi connectivity index (χ3v) is 3.77. The van der Waals surface area contributed by atoms with Crippen LogP contribution in [0.3, 0.4) is 0 Å². The lowest BCUT2D eigenvalue weighted by atomic mass is 10.1. The second-order valence-corrected chi connectivity index (χ2v) is 5.31. The molecule has 0 amide bonds. The number of rotatable bonds is 8. The van der Waals surface area contributed by atoms with E-state index in [4.69, 9.17) is 19.3 Å². The van der Waals surface area contributed by atoms with E-state index in [1.165, 1.54) is 0 Å². The van der Waals surface area contributed by atoms with Crippen molar-refractivity contribution in [2.45, 2.75) is 44.2 Å². The summed E-state index contributed by atoms with van der Waals surface area (Å²) in [6, 6.07) is 7.80. The van der Waals surface area contributed by atoms with Gasteiger partial charge in [-0.3, -0.25) is 0 Å². The van der Waals surface area contributed by atoms with E-state index < -0.39 is 6.10 Å². The smallest absolute Gasteiger partial charge is 0.118 e. The van der Waals surface area contributed by atoms with Gasteiger partial charge in [0, 0.05) is 6.61 Å². The molecule has 2 rings (SSSR count). The Labute approximate surface area is 125 Å². The summed E-state index contributed by atoms with van der Waals surface area (Å²) < 4.78 is 16.4. The van der Waals surface area contributed by atoms with Gasteiger partial charge in [0.1, 0.15) is 11.9 Å². The molecule has 0 aromatic heterocycles. The van der Waals surface area contributed by atoms with Gasteiger partial charge in [-0.25, -0.2) is 0 Å². The van der Waals surface area contributed by atoms with Crippen LogP contribution >= 0.6 is 0 Å². The Bertz CT molecular complexity index is 406. The van der Waals surface area contributed by atoms with Gasteiger partial charge in [0.15, 0.2) is 0 Å². The van der Waals surface area contributed by atoms with Crippen LogP contribution in [0, 0.1) is 0 Å². The topological polar surface area (TPSA) is 68.2 Å². The van der Waals surface area contributed by atoms with E-state index in [0.29, 0.717) is 13.2 Å². The van der Waals surface area contributed by atoms with E-state index >= 15 is 0 Å². The lowest BCUT2D eigenvalue weighted by Crippen LogP contribution is -2.29. The summed E-state index contributed by atoms with van der Waals surface area (Å²) in [6.07, 6.45) is 1.63. The Balaban J connectivity index is 1.61. The molecule has 21 heavy (non-hydrogen) atoms. The summed E-state index contributed by atoms with van der Waals surface area (Å²) in [6.45, 7) is 0.948. The minimum Gasteiger partial charge on any atom is -0.497 e. The van der Waals surface area contributed by atoms with Gasteiger partial charge in [-0.05, 0) is 37.0 Å². The standard InChI is InChI=1S/C16H24O5/c1-19-13-4-2-12(3-5-13)11-20-9-8-14-6-7-16(21-14)15(18)10-17/h2-5,14-18H,6-11H2,1H3/t14-,15-,16-/m1/s1. The Hall–Kier alpha value is -1.14. The summed E-state index contributed by atoms with van der Waals surface area (Å²) in [5.41, 5.74) is 1.11. The molecule has 1 aliphatic heterocycles. The van der Waals surface area contributed by atoms with Crippen molar-refractivity contribution in [3.63, 3.8) is 0 Å². The molecular weight excluding hydrogens is 272 g/mol. The first kappa shape index (κ1) is 16.2. The van der Waals surface area contributed by atoms with Crippen LogP contribution in [-0.2, 0) is 16.1 Å². The second-order valence-electron chi connectivity index (χ2n) is 5.31. The summed E-state index contributed by atoms with van der Waals surface area (Å²) >= 11 is 0. The predicted octanol–water partition coefficient (Wildman–Crippen LogP) is 1.50. The van der Waals surface area contributed by atoms with E-state index in [2.05, 4.69) is 0 Å². The number of aliphatic hydroxyl groups is 2. The monoisotopic (exact) mass is 296 g/mol. The third kappa shape index (κ3) is 4.97. The highest BCUT2D eigenvalue weighted by Gasteiger charge is 2.29. The molecule has 5 nitrogen and oxygen atoms in total. The second kappa shape index (κ2) is 8.34. The van der Waals surface area contributed by atoms with Crippen LogP contribution in [0.15, 0.2) is 24.3 Å². The van der Waals surface area contributed by atoms with Crippen molar-refractivity contribution in [3.8, 4) is 5.75 Å². The van der Waals surface area contributed by atoms with Crippen molar-refractivity contribution in [1.82, 2.24) is 0 Å². The highest BCUT2D eigenvalue weighted by molar-refractivity contribution is 5.26. The molecule has 1 heterocycles. The van der Waals surface area contributed by atoms with Crippen molar-refractivity contribution in [2.75, 3.05) is 20.3 Å². The molecular formula is C16H24O5. The normalized spacial score (nSPS) is 23.2. The quantitative estimate of drug-likeness (QED) is 0.712. The molecule has 1 aliphatic rings. The molecule has 3 atom stereocenters. The summed E-state index contributed by atoms with van der Waals surface area (Å²) in [5.74, 6) is 0.839. The molecule has 1 aromatic rings. The average molecular weight is 296 g/mol. The Kier molecular flexibility index (Phi) is 6.45. The highest BCUT2D eigenvalue weighted by Crippen LogP contribution is 2.24. The summed E-state index contributed by atoms with van der Waals surface area (Å²) in [4.78, 5) is 0. The largest absolute Gasteiger partial charge is 0.497 e. The van der Waals surface area contributed by atoms with Gasteiger partial charge in [0.25, 0.3) is 0 Å². The zero-order valence-corrected chi connectivity index (χ0v) is 12.4. The summed E-state index contributed by atoms with van der Waals surface area (Å²) in [7, 11) is 1.65. The van der Waals surface area contributed by atoms with E-state index in [-0.39, 0.29) is 18.8 Å². The van der Waals surface area contributed by atoms with Crippen LogP contribution in [0.2, 0.25) is 0 Å². The maximum Gasteiger partial charge on any atom is 0.118 e. The van der Waals surface area contributed by atoms with E-state index in [9.17, 15) is 5.11 Å². The summed E-state index contributed by atoms with van der Waals surface area (Å²) in [5, 5.41) is 18.4. The van der Waals surface area contributed by atoms with Crippen molar-refractivity contribution < 1.29 is 24.4 Å². The average Bonchev–Trinajstić information content (AvgIpc) is 3.00. The molecule has 0 saturated carbocycles. The molecule has 118 valence electrons. The zero-order valence-electron chi connectivity index (χ0n) is 12.4. The first-order valence-corrected chi connectivity index (χ1v) is 7.38. The van der Waals surface area contributed by atoms with Gasteiger partial charge in [-0.15, -0.1) is 0 Å². The molecule has 1 saturated heterocycles. The molecule has 2 N–H and O–H groups in total. The fourth-order valence-corrected chi connectivity index (χ4v) is 2.47. The van der Waals surface area contributed by atoms with E-state index in [1.54, 1.807) is 7.11 Å². The molecule has 1 fully saturated rings. The number of methoxy groups -OCH3 is 1. The molecule has 1 aromatic carbocycles. The molecule has 0 aliphatic carbocycles. The van der Waals surface area contributed by atoms with E-state index in [1.807, 2.05) is 24.3 Å². The van der Waals surface area contributed by atoms with Gasteiger partial charge in [0.05, 0.1) is 32.5 Å². The van der Waals surface area contributed by atoms with Gasteiger partial charge in [-0.1, -0.05) is 12.1 Å². The highest BCUT2D eigenvalue weighted by atomic mass is 16.5. The number of ether oxygens (including phenoxy) is 3.